The molecule has 1 aromatic carbocycles. The van der Waals surface area contributed by atoms with Gasteiger partial charge in [0.05, 0.1) is 18.2 Å². The van der Waals surface area contributed by atoms with Crippen LogP contribution in [0.3, 0.4) is 0 Å². The molecule has 2 N–H and O–H groups in total. The van der Waals surface area contributed by atoms with Gasteiger partial charge in [-0.25, -0.2) is 9.36 Å². The number of carbonyl (C=O) groups is 2. The van der Waals surface area contributed by atoms with Crippen LogP contribution in [0.25, 0.3) is 10.9 Å². The number of fused-ring (bicyclic) bond motifs is 1. The molecule has 6 nitrogen and oxygen atoms in total. The Morgan fingerprint density at radius 3 is 2.64 bits per heavy atom. The first-order valence-electron chi connectivity index (χ1n) is 7.98. The predicted molar refractivity (Wildman–Crippen MR) is 95.1 cm³/mol. The standard InChI is InChI=1S/C19H22N2O4/c1-13(12-22)20-17(23)10-9-15-11-14-7-5-6-8-16(14)21(15)18(24)25-19(2,3)4/h5-8,11,13,22H,12H2,1-4H3,(H,20,23). The highest BCUT2D eigenvalue weighted by molar-refractivity contribution is 5.96. The Bertz CT molecular complexity index is 850. The zero-order valence-corrected chi connectivity index (χ0v) is 14.8. The Kier molecular flexibility index (Phi) is 5.50. The fourth-order valence-electron chi connectivity index (χ4n) is 2.18. The van der Waals surface area contributed by atoms with Crippen LogP contribution in [0.5, 0.6) is 0 Å². The van der Waals surface area contributed by atoms with Gasteiger partial charge in [0.1, 0.15) is 11.3 Å². The molecule has 132 valence electrons. The number of benzene rings is 1. The van der Waals surface area contributed by atoms with Gasteiger partial charge >= 0.3 is 6.09 Å². The van der Waals surface area contributed by atoms with Crippen LogP contribution in [0.4, 0.5) is 4.79 Å². The third kappa shape index (κ3) is 4.85. The second-order valence-electron chi connectivity index (χ2n) is 6.71. The molecule has 0 bridgehead atoms. The Morgan fingerprint density at radius 1 is 1.32 bits per heavy atom. The van der Waals surface area contributed by atoms with E-state index in [2.05, 4.69) is 17.2 Å². The van der Waals surface area contributed by atoms with E-state index in [9.17, 15) is 9.59 Å². The molecular formula is C19H22N2O4. The van der Waals surface area contributed by atoms with E-state index < -0.39 is 23.6 Å². The monoisotopic (exact) mass is 342 g/mol. The van der Waals surface area contributed by atoms with Crippen molar-refractivity contribution in [3.63, 3.8) is 0 Å². The van der Waals surface area contributed by atoms with Crippen LogP contribution in [0.2, 0.25) is 0 Å². The first kappa shape index (κ1) is 18.6. The van der Waals surface area contributed by atoms with Gasteiger partial charge in [0, 0.05) is 11.3 Å². The normalized spacial score (nSPS) is 12.2. The van der Waals surface area contributed by atoms with Gasteiger partial charge in [0.25, 0.3) is 5.91 Å². The largest absolute Gasteiger partial charge is 0.443 e. The van der Waals surface area contributed by atoms with Gasteiger partial charge in [-0.2, -0.15) is 0 Å². The molecule has 0 aliphatic rings. The van der Waals surface area contributed by atoms with Crippen LogP contribution in [0, 0.1) is 11.8 Å². The lowest BCUT2D eigenvalue weighted by Gasteiger charge is -2.20. The predicted octanol–water partition coefficient (Wildman–Crippen LogP) is 2.27. The number of aliphatic hydroxyl groups is 1. The van der Waals surface area contributed by atoms with Crippen molar-refractivity contribution >= 4 is 22.9 Å². The fourth-order valence-corrected chi connectivity index (χ4v) is 2.18. The van der Waals surface area contributed by atoms with Crippen molar-refractivity contribution < 1.29 is 19.4 Å². The highest BCUT2D eigenvalue weighted by Crippen LogP contribution is 2.21. The van der Waals surface area contributed by atoms with E-state index in [4.69, 9.17) is 9.84 Å². The highest BCUT2D eigenvalue weighted by Gasteiger charge is 2.21. The molecule has 0 spiro atoms. The maximum Gasteiger partial charge on any atom is 0.420 e. The number of amides is 1. The molecule has 2 rings (SSSR count). The molecule has 1 heterocycles. The van der Waals surface area contributed by atoms with E-state index in [1.165, 1.54) is 4.57 Å². The number of rotatable bonds is 2. The summed E-state index contributed by atoms with van der Waals surface area (Å²) < 4.78 is 6.80. The molecule has 1 unspecified atom stereocenters. The van der Waals surface area contributed by atoms with Crippen LogP contribution in [-0.2, 0) is 9.53 Å². The summed E-state index contributed by atoms with van der Waals surface area (Å²) in [6.07, 6.45) is -0.554. The number of para-hydroxylation sites is 1. The molecule has 0 saturated carbocycles. The topological polar surface area (TPSA) is 80.6 Å². The number of hydrogen-bond acceptors (Lipinski definition) is 4. The van der Waals surface area contributed by atoms with Gasteiger partial charge in [-0.15, -0.1) is 0 Å². The quantitative estimate of drug-likeness (QED) is 0.821. The molecule has 0 aliphatic carbocycles. The summed E-state index contributed by atoms with van der Waals surface area (Å²) in [5.41, 5.74) is 0.369. The van der Waals surface area contributed by atoms with Gasteiger partial charge < -0.3 is 15.2 Å². The minimum absolute atomic E-state index is 0.175. The number of carbonyl (C=O) groups excluding carboxylic acids is 2. The Morgan fingerprint density at radius 2 is 2.00 bits per heavy atom. The summed E-state index contributed by atoms with van der Waals surface area (Å²) in [5.74, 6) is 4.64. The van der Waals surface area contributed by atoms with Gasteiger partial charge in [-0.05, 0) is 45.7 Å². The molecule has 2 aromatic rings. The second-order valence-corrected chi connectivity index (χ2v) is 6.71. The Balaban J connectivity index is 2.42. The molecule has 0 aliphatic heterocycles. The third-order valence-electron chi connectivity index (χ3n) is 3.24. The zero-order valence-electron chi connectivity index (χ0n) is 14.8. The van der Waals surface area contributed by atoms with Crippen molar-refractivity contribution in [1.82, 2.24) is 9.88 Å². The smallest absolute Gasteiger partial charge is 0.420 e. The molecular weight excluding hydrogens is 320 g/mol. The van der Waals surface area contributed by atoms with Crippen LogP contribution in [-0.4, -0.2) is 39.9 Å². The summed E-state index contributed by atoms with van der Waals surface area (Å²) in [6.45, 7) is 6.84. The van der Waals surface area contributed by atoms with Crippen molar-refractivity contribution in [3.8, 4) is 11.8 Å². The zero-order chi connectivity index (χ0) is 18.6. The lowest BCUT2D eigenvalue weighted by atomic mass is 10.2. The van der Waals surface area contributed by atoms with Gasteiger partial charge in [0.2, 0.25) is 0 Å². The second kappa shape index (κ2) is 7.41. The van der Waals surface area contributed by atoms with E-state index in [1.54, 1.807) is 39.8 Å². The first-order valence-corrected chi connectivity index (χ1v) is 7.98. The molecule has 1 atom stereocenters. The summed E-state index contributed by atoms with van der Waals surface area (Å²) in [7, 11) is 0. The summed E-state index contributed by atoms with van der Waals surface area (Å²) >= 11 is 0. The average molecular weight is 342 g/mol. The lowest BCUT2D eigenvalue weighted by molar-refractivity contribution is -0.116. The average Bonchev–Trinajstić information content (AvgIpc) is 2.89. The van der Waals surface area contributed by atoms with E-state index >= 15 is 0 Å². The Hall–Kier alpha value is -2.78. The minimum atomic E-state index is -0.652. The summed E-state index contributed by atoms with van der Waals surface area (Å²) in [6, 6.07) is 8.66. The molecule has 0 radical (unpaired) electrons. The van der Waals surface area contributed by atoms with Crippen molar-refractivity contribution in [2.24, 2.45) is 0 Å². The van der Waals surface area contributed by atoms with Crippen molar-refractivity contribution in [1.29, 1.82) is 0 Å². The van der Waals surface area contributed by atoms with E-state index in [0.29, 0.717) is 11.2 Å². The maximum atomic E-state index is 12.6. The molecule has 0 saturated heterocycles. The van der Waals surface area contributed by atoms with E-state index in [1.807, 2.05) is 18.2 Å². The van der Waals surface area contributed by atoms with Crippen molar-refractivity contribution in [2.75, 3.05) is 6.61 Å². The Labute approximate surface area is 146 Å². The van der Waals surface area contributed by atoms with Crippen LogP contribution >= 0.6 is 0 Å². The number of nitrogens with one attached hydrogen (secondary N) is 1. The molecule has 25 heavy (non-hydrogen) atoms. The van der Waals surface area contributed by atoms with E-state index in [0.717, 1.165) is 5.39 Å². The van der Waals surface area contributed by atoms with Crippen LogP contribution in [0.15, 0.2) is 30.3 Å². The summed E-state index contributed by atoms with van der Waals surface area (Å²) in [5, 5.41) is 12.3. The van der Waals surface area contributed by atoms with Gasteiger partial charge in [0.15, 0.2) is 0 Å². The number of aromatic nitrogens is 1. The molecule has 0 fully saturated rings. The molecule has 1 aromatic heterocycles. The summed E-state index contributed by atoms with van der Waals surface area (Å²) in [4.78, 5) is 24.4. The SMILES string of the molecule is CC(CO)NC(=O)C#Cc1cc2ccccc2n1C(=O)OC(C)(C)C. The molecule has 1 amide bonds. The maximum absolute atomic E-state index is 12.6. The van der Waals surface area contributed by atoms with Gasteiger partial charge in [-0.1, -0.05) is 18.2 Å². The van der Waals surface area contributed by atoms with Crippen LogP contribution in [0.1, 0.15) is 33.4 Å². The van der Waals surface area contributed by atoms with Gasteiger partial charge in [-0.3, -0.25) is 4.79 Å². The van der Waals surface area contributed by atoms with Crippen LogP contribution < -0.4 is 5.32 Å². The first-order chi connectivity index (χ1) is 11.7. The minimum Gasteiger partial charge on any atom is -0.443 e. The number of ether oxygens (including phenoxy) is 1. The van der Waals surface area contributed by atoms with E-state index in [-0.39, 0.29) is 6.61 Å². The van der Waals surface area contributed by atoms with Crippen molar-refractivity contribution in [3.05, 3.63) is 36.0 Å². The van der Waals surface area contributed by atoms with Crippen molar-refractivity contribution in [2.45, 2.75) is 39.3 Å². The third-order valence-corrected chi connectivity index (χ3v) is 3.24. The number of aliphatic hydroxyl groups excluding tert-OH is 1. The fraction of sp³-hybridized carbons (Fsp3) is 0.368. The number of nitrogens with zero attached hydrogens (tertiary/aromatic N) is 1. The molecule has 6 heteroatoms. The number of hydrogen-bond donors (Lipinski definition) is 2. The highest BCUT2D eigenvalue weighted by atomic mass is 16.6. The lowest BCUT2D eigenvalue weighted by Crippen LogP contribution is -2.34.